The number of benzene rings is 1. The van der Waals surface area contributed by atoms with Crippen molar-refractivity contribution >= 4 is 33.3 Å². The Bertz CT molecular complexity index is 768. The largest absolute Gasteiger partial charge is 0.478 e. The molecule has 1 aromatic heterocycles. The zero-order valence-electron chi connectivity index (χ0n) is 10.3. The number of aromatic amines is 1. The number of carboxylic acids is 1. The second kappa shape index (κ2) is 5.18. The molecule has 20 heavy (non-hydrogen) atoms. The number of hydrogen-bond donors (Lipinski definition) is 3. The predicted octanol–water partition coefficient (Wildman–Crippen LogP) is 2.48. The molecule has 0 amide bonds. The van der Waals surface area contributed by atoms with Crippen LogP contribution >= 0.6 is 11.6 Å². The van der Waals surface area contributed by atoms with Gasteiger partial charge in [0.05, 0.1) is 10.6 Å². The molecular formula is C12H11ClN2O4S. The van der Waals surface area contributed by atoms with Crippen LogP contribution in [0.25, 0.3) is 0 Å². The Kier molecular flexibility index (Phi) is 3.74. The van der Waals surface area contributed by atoms with Crippen LogP contribution in [0.2, 0.25) is 5.02 Å². The first-order valence-electron chi connectivity index (χ1n) is 5.51. The minimum Gasteiger partial charge on any atom is -0.478 e. The van der Waals surface area contributed by atoms with E-state index in [1.165, 1.54) is 24.4 Å². The van der Waals surface area contributed by atoms with Gasteiger partial charge in [-0.3, -0.25) is 4.72 Å². The lowest BCUT2D eigenvalue weighted by Crippen LogP contribution is -2.14. The Morgan fingerprint density at radius 3 is 2.70 bits per heavy atom. The van der Waals surface area contributed by atoms with E-state index in [0.29, 0.717) is 5.69 Å². The van der Waals surface area contributed by atoms with Crippen molar-refractivity contribution in [3.63, 3.8) is 0 Å². The number of hydrogen-bond acceptors (Lipinski definition) is 3. The van der Waals surface area contributed by atoms with Crippen molar-refractivity contribution in [2.45, 2.75) is 11.8 Å². The molecule has 8 heteroatoms. The highest BCUT2D eigenvalue weighted by Gasteiger charge is 2.21. The monoisotopic (exact) mass is 314 g/mol. The van der Waals surface area contributed by atoms with Crippen molar-refractivity contribution in [1.29, 1.82) is 0 Å². The first-order valence-corrected chi connectivity index (χ1v) is 7.37. The quantitative estimate of drug-likeness (QED) is 0.807. The summed E-state index contributed by atoms with van der Waals surface area (Å²) < 4.78 is 26.6. The van der Waals surface area contributed by atoms with Gasteiger partial charge in [-0.1, -0.05) is 17.7 Å². The van der Waals surface area contributed by atoms with Gasteiger partial charge in [-0.15, -0.1) is 0 Å². The summed E-state index contributed by atoms with van der Waals surface area (Å²) in [6, 6.07) is 5.69. The molecular weight excluding hydrogens is 304 g/mol. The number of carbonyl (C=O) groups is 1. The third kappa shape index (κ3) is 2.78. The van der Waals surface area contributed by atoms with E-state index in [-0.39, 0.29) is 21.2 Å². The molecule has 0 aliphatic heterocycles. The number of nitrogens with one attached hydrogen (secondary N) is 2. The molecule has 6 nitrogen and oxygen atoms in total. The molecule has 0 saturated heterocycles. The lowest BCUT2D eigenvalue weighted by Gasteiger charge is -2.08. The first-order chi connectivity index (χ1) is 9.31. The van der Waals surface area contributed by atoms with Gasteiger partial charge in [0.15, 0.2) is 0 Å². The minimum atomic E-state index is -3.90. The van der Waals surface area contributed by atoms with Crippen LogP contribution in [-0.4, -0.2) is 24.5 Å². The second-order valence-electron chi connectivity index (χ2n) is 4.07. The number of carboxylic acid groups (broad SMARTS) is 1. The summed E-state index contributed by atoms with van der Waals surface area (Å²) in [6.07, 6.45) is 1.29. The van der Waals surface area contributed by atoms with E-state index in [0.717, 1.165) is 0 Å². The Morgan fingerprint density at radius 2 is 2.10 bits per heavy atom. The predicted molar refractivity (Wildman–Crippen MR) is 74.7 cm³/mol. The molecule has 1 aromatic carbocycles. The van der Waals surface area contributed by atoms with Gasteiger partial charge in [0, 0.05) is 16.9 Å². The second-order valence-corrected chi connectivity index (χ2v) is 6.19. The number of aryl methyl sites for hydroxylation is 1. The van der Waals surface area contributed by atoms with Crippen molar-refractivity contribution in [1.82, 2.24) is 4.98 Å². The number of anilines is 1. The maximum Gasteiger partial charge on any atom is 0.339 e. The summed E-state index contributed by atoms with van der Waals surface area (Å²) >= 11 is 5.75. The SMILES string of the molecule is Cc1[nH]cc(NS(=O)(=O)c2cccc(Cl)c2)c1C(=O)O. The van der Waals surface area contributed by atoms with Gasteiger partial charge in [0.1, 0.15) is 5.56 Å². The Morgan fingerprint density at radius 1 is 1.40 bits per heavy atom. The molecule has 0 saturated carbocycles. The third-order valence-electron chi connectivity index (χ3n) is 2.64. The van der Waals surface area contributed by atoms with Crippen LogP contribution in [-0.2, 0) is 10.0 Å². The molecule has 0 spiro atoms. The molecule has 0 atom stereocenters. The van der Waals surface area contributed by atoms with E-state index in [2.05, 4.69) is 9.71 Å². The number of rotatable bonds is 4. The highest BCUT2D eigenvalue weighted by molar-refractivity contribution is 7.92. The van der Waals surface area contributed by atoms with Crippen LogP contribution < -0.4 is 4.72 Å². The molecule has 0 radical (unpaired) electrons. The van der Waals surface area contributed by atoms with E-state index < -0.39 is 16.0 Å². The smallest absolute Gasteiger partial charge is 0.339 e. The fourth-order valence-corrected chi connectivity index (χ4v) is 3.08. The van der Waals surface area contributed by atoms with Crippen LogP contribution in [0, 0.1) is 6.92 Å². The molecule has 0 fully saturated rings. The highest BCUT2D eigenvalue weighted by Crippen LogP contribution is 2.23. The summed E-state index contributed by atoms with van der Waals surface area (Å²) in [5.74, 6) is -1.22. The van der Waals surface area contributed by atoms with Crippen molar-refractivity contribution in [2.24, 2.45) is 0 Å². The van der Waals surface area contributed by atoms with E-state index in [4.69, 9.17) is 16.7 Å². The Hall–Kier alpha value is -1.99. The average molecular weight is 315 g/mol. The molecule has 3 N–H and O–H groups in total. The number of halogens is 1. The number of H-pyrrole nitrogens is 1. The van der Waals surface area contributed by atoms with Crippen LogP contribution in [0.3, 0.4) is 0 Å². The summed E-state index contributed by atoms with van der Waals surface area (Å²) in [5, 5.41) is 9.35. The molecule has 2 rings (SSSR count). The van der Waals surface area contributed by atoms with Crippen LogP contribution in [0.4, 0.5) is 5.69 Å². The maximum atomic E-state index is 12.2. The van der Waals surface area contributed by atoms with Gasteiger partial charge < -0.3 is 10.1 Å². The van der Waals surface area contributed by atoms with E-state index in [1.54, 1.807) is 13.0 Å². The van der Waals surface area contributed by atoms with Gasteiger partial charge in [-0.2, -0.15) is 0 Å². The van der Waals surface area contributed by atoms with E-state index in [9.17, 15) is 13.2 Å². The third-order valence-corrected chi connectivity index (χ3v) is 4.24. The van der Waals surface area contributed by atoms with Gasteiger partial charge in [-0.25, -0.2) is 13.2 Å². The average Bonchev–Trinajstić information content (AvgIpc) is 2.69. The van der Waals surface area contributed by atoms with Crippen LogP contribution in [0.5, 0.6) is 0 Å². The molecule has 0 aliphatic rings. The Balaban J connectivity index is 2.41. The highest BCUT2D eigenvalue weighted by atomic mass is 35.5. The van der Waals surface area contributed by atoms with Gasteiger partial charge in [0.2, 0.25) is 0 Å². The standard InChI is InChI=1S/C12H11ClN2O4S/c1-7-11(12(16)17)10(6-14-7)15-20(18,19)9-4-2-3-8(13)5-9/h2-6,14-15H,1H3,(H,16,17). The van der Waals surface area contributed by atoms with Crippen molar-refractivity contribution in [2.75, 3.05) is 4.72 Å². The molecule has 0 aliphatic carbocycles. The topological polar surface area (TPSA) is 99.3 Å². The number of aromatic carboxylic acids is 1. The Labute approximate surface area is 120 Å². The lowest BCUT2D eigenvalue weighted by molar-refractivity contribution is 0.0697. The van der Waals surface area contributed by atoms with Crippen molar-refractivity contribution in [3.8, 4) is 0 Å². The van der Waals surface area contributed by atoms with Gasteiger partial charge in [-0.05, 0) is 25.1 Å². The van der Waals surface area contributed by atoms with E-state index in [1.807, 2.05) is 0 Å². The number of sulfonamides is 1. The van der Waals surface area contributed by atoms with Gasteiger partial charge in [0.25, 0.3) is 10.0 Å². The molecule has 106 valence electrons. The zero-order valence-corrected chi connectivity index (χ0v) is 11.9. The summed E-state index contributed by atoms with van der Waals surface area (Å²) in [6.45, 7) is 1.54. The lowest BCUT2D eigenvalue weighted by atomic mass is 10.2. The van der Waals surface area contributed by atoms with E-state index >= 15 is 0 Å². The van der Waals surface area contributed by atoms with Crippen LogP contribution in [0.1, 0.15) is 16.1 Å². The number of aromatic nitrogens is 1. The normalized spacial score (nSPS) is 11.3. The molecule has 1 heterocycles. The minimum absolute atomic E-state index is 0.0185. The summed E-state index contributed by atoms with van der Waals surface area (Å²) in [7, 11) is -3.90. The summed E-state index contributed by atoms with van der Waals surface area (Å²) in [5.41, 5.74) is 0.229. The van der Waals surface area contributed by atoms with Crippen molar-refractivity contribution < 1.29 is 18.3 Å². The molecule has 2 aromatic rings. The molecule has 0 unspecified atom stereocenters. The van der Waals surface area contributed by atoms with Gasteiger partial charge >= 0.3 is 5.97 Å². The summed E-state index contributed by atoms with van der Waals surface area (Å²) in [4.78, 5) is 13.7. The first kappa shape index (κ1) is 14.4. The van der Waals surface area contributed by atoms with Crippen LogP contribution in [0.15, 0.2) is 35.4 Å². The fourth-order valence-electron chi connectivity index (χ4n) is 1.72. The zero-order chi connectivity index (χ0) is 14.9. The fraction of sp³-hybridized carbons (Fsp3) is 0.0833. The van der Waals surface area contributed by atoms with Crippen molar-refractivity contribution in [3.05, 3.63) is 46.7 Å². The maximum absolute atomic E-state index is 12.2. The molecule has 0 bridgehead atoms.